The molecule has 0 fully saturated rings. The second-order valence-corrected chi connectivity index (χ2v) is 4.46. The van der Waals surface area contributed by atoms with Crippen LogP contribution in [-0.2, 0) is 7.05 Å². The number of rotatable bonds is 5. The topological polar surface area (TPSA) is 38.1 Å². The van der Waals surface area contributed by atoms with Crippen molar-refractivity contribution in [1.29, 1.82) is 0 Å². The van der Waals surface area contributed by atoms with E-state index in [-0.39, 0.29) is 5.78 Å². The average Bonchev–Trinajstić information content (AvgIpc) is 2.65. The Kier molecular flexibility index (Phi) is 3.86. The minimum absolute atomic E-state index is 0.129. The summed E-state index contributed by atoms with van der Waals surface area (Å²) in [6.07, 6.45) is 3.40. The van der Waals surface area contributed by atoms with Gasteiger partial charge in [0.25, 0.3) is 0 Å². The molecule has 0 N–H and O–H groups in total. The van der Waals surface area contributed by atoms with Crippen molar-refractivity contribution >= 4 is 5.78 Å². The molecule has 1 aromatic heterocycles. The van der Waals surface area contributed by atoms with E-state index in [4.69, 9.17) is 0 Å². The number of Topliss-reactive ketones (excluding diaryl/α,β-unsaturated/α-hetero) is 1. The molecule has 4 heteroatoms. The van der Waals surface area contributed by atoms with Gasteiger partial charge in [-0.05, 0) is 26.9 Å². The molecule has 1 aromatic rings. The first kappa shape index (κ1) is 12.9. The van der Waals surface area contributed by atoms with Gasteiger partial charge in [-0.25, -0.2) is 0 Å². The van der Waals surface area contributed by atoms with Crippen LogP contribution in [0.5, 0.6) is 0 Å². The fraction of sp³-hybridized carbons (Fsp3) is 0.667. The minimum atomic E-state index is -0.466. The Balaban J connectivity index is 2.95. The molecule has 0 atom stereocenters. The lowest BCUT2D eigenvalue weighted by molar-refractivity contribution is 0.0668. The van der Waals surface area contributed by atoms with Gasteiger partial charge in [0.05, 0.1) is 17.3 Å². The zero-order valence-electron chi connectivity index (χ0n) is 10.8. The molecular weight excluding hydrogens is 202 g/mol. The lowest BCUT2D eigenvalue weighted by Crippen LogP contribution is -2.49. The van der Waals surface area contributed by atoms with Crippen molar-refractivity contribution in [2.45, 2.75) is 33.2 Å². The van der Waals surface area contributed by atoms with Crippen LogP contribution >= 0.6 is 0 Å². The molecule has 0 aliphatic rings. The molecule has 1 heterocycles. The van der Waals surface area contributed by atoms with E-state index >= 15 is 0 Å². The van der Waals surface area contributed by atoms with Crippen molar-refractivity contribution in [2.75, 3.05) is 13.1 Å². The van der Waals surface area contributed by atoms with E-state index < -0.39 is 5.54 Å². The van der Waals surface area contributed by atoms with Crippen molar-refractivity contribution in [3.63, 3.8) is 0 Å². The summed E-state index contributed by atoms with van der Waals surface area (Å²) in [5, 5.41) is 4.04. The minimum Gasteiger partial charge on any atom is -0.292 e. The number of carbonyl (C=O) groups is 1. The Morgan fingerprint density at radius 1 is 1.44 bits per heavy atom. The molecule has 0 aromatic carbocycles. The third kappa shape index (κ3) is 2.32. The van der Waals surface area contributed by atoms with Crippen LogP contribution in [-0.4, -0.2) is 39.1 Å². The van der Waals surface area contributed by atoms with Gasteiger partial charge in [0.1, 0.15) is 0 Å². The molecule has 0 saturated carbocycles. The van der Waals surface area contributed by atoms with E-state index in [1.165, 1.54) is 0 Å². The van der Waals surface area contributed by atoms with Crippen molar-refractivity contribution in [3.05, 3.63) is 18.0 Å². The second-order valence-electron chi connectivity index (χ2n) is 4.46. The average molecular weight is 223 g/mol. The van der Waals surface area contributed by atoms with Crippen molar-refractivity contribution < 1.29 is 4.79 Å². The fourth-order valence-corrected chi connectivity index (χ4v) is 2.05. The van der Waals surface area contributed by atoms with Crippen molar-refractivity contribution in [1.82, 2.24) is 14.7 Å². The summed E-state index contributed by atoms with van der Waals surface area (Å²) >= 11 is 0. The van der Waals surface area contributed by atoms with Crippen LogP contribution in [0.4, 0.5) is 0 Å². The highest BCUT2D eigenvalue weighted by Crippen LogP contribution is 2.19. The molecule has 0 spiro atoms. The first-order valence-electron chi connectivity index (χ1n) is 5.72. The first-order valence-corrected chi connectivity index (χ1v) is 5.72. The molecule has 0 amide bonds. The van der Waals surface area contributed by atoms with E-state index in [1.807, 2.05) is 20.9 Å². The van der Waals surface area contributed by atoms with Gasteiger partial charge in [0.2, 0.25) is 0 Å². The maximum absolute atomic E-state index is 12.3. The van der Waals surface area contributed by atoms with Crippen LogP contribution in [0.15, 0.2) is 12.4 Å². The molecule has 4 nitrogen and oxygen atoms in total. The third-order valence-electron chi connectivity index (χ3n) is 3.08. The number of ketones is 1. The molecular formula is C12H21N3O. The van der Waals surface area contributed by atoms with Crippen molar-refractivity contribution in [3.8, 4) is 0 Å². The lowest BCUT2D eigenvalue weighted by Gasteiger charge is -2.35. The predicted octanol–water partition coefficient (Wildman–Crippen LogP) is 1.72. The number of likely N-dealkylation sites (N-methyl/N-ethyl adjacent to an activating group) is 1. The normalized spacial score (nSPS) is 12.1. The Bertz CT molecular complexity index is 364. The van der Waals surface area contributed by atoms with Gasteiger partial charge in [-0.15, -0.1) is 0 Å². The highest BCUT2D eigenvalue weighted by molar-refractivity contribution is 6.02. The Morgan fingerprint density at radius 2 is 2.00 bits per heavy atom. The largest absolute Gasteiger partial charge is 0.292 e. The summed E-state index contributed by atoms with van der Waals surface area (Å²) in [6.45, 7) is 9.82. The van der Waals surface area contributed by atoms with Crippen LogP contribution in [0, 0.1) is 0 Å². The Morgan fingerprint density at radius 3 is 2.38 bits per heavy atom. The maximum atomic E-state index is 12.3. The molecule has 1 rings (SSSR count). The predicted molar refractivity (Wildman–Crippen MR) is 64.5 cm³/mol. The lowest BCUT2D eigenvalue weighted by atomic mass is 9.93. The number of carbonyl (C=O) groups excluding carboxylic acids is 1. The van der Waals surface area contributed by atoms with E-state index in [1.54, 1.807) is 17.1 Å². The summed E-state index contributed by atoms with van der Waals surface area (Å²) < 4.78 is 1.66. The number of hydrogen-bond donors (Lipinski definition) is 0. The van der Waals surface area contributed by atoms with Gasteiger partial charge < -0.3 is 0 Å². The number of nitrogens with zero attached hydrogens (tertiary/aromatic N) is 3. The van der Waals surface area contributed by atoms with Crippen LogP contribution in [0.3, 0.4) is 0 Å². The Labute approximate surface area is 97.2 Å². The van der Waals surface area contributed by atoms with E-state index in [9.17, 15) is 4.79 Å². The van der Waals surface area contributed by atoms with Crippen LogP contribution in [0.1, 0.15) is 38.1 Å². The summed E-state index contributed by atoms with van der Waals surface area (Å²) in [7, 11) is 1.82. The van der Waals surface area contributed by atoms with Crippen LogP contribution in [0.25, 0.3) is 0 Å². The molecule has 90 valence electrons. The standard InChI is InChI=1S/C12H21N3O/c1-6-15(7-2)12(3,4)11(16)10-8-13-14(5)9-10/h8-9H,6-7H2,1-5H3. The zero-order chi connectivity index (χ0) is 12.3. The number of hydrogen-bond acceptors (Lipinski definition) is 3. The van der Waals surface area contributed by atoms with Crippen LogP contribution < -0.4 is 0 Å². The maximum Gasteiger partial charge on any atom is 0.185 e. The summed E-state index contributed by atoms with van der Waals surface area (Å²) in [6, 6.07) is 0. The fourth-order valence-electron chi connectivity index (χ4n) is 2.05. The molecule has 0 saturated heterocycles. The SMILES string of the molecule is CCN(CC)C(C)(C)C(=O)c1cnn(C)c1. The van der Waals surface area contributed by atoms with Gasteiger partial charge in [-0.2, -0.15) is 5.10 Å². The third-order valence-corrected chi connectivity index (χ3v) is 3.08. The van der Waals surface area contributed by atoms with Gasteiger partial charge in [-0.3, -0.25) is 14.4 Å². The highest BCUT2D eigenvalue weighted by atomic mass is 16.1. The Hall–Kier alpha value is -1.16. The molecule has 0 unspecified atom stereocenters. The smallest absolute Gasteiger partial charge is 0.185 e. The number of aryl methyl sites for hydroxylation is 1. The summed E-state index contributed by atoms with van der Waals surface area (Å²) in [5.74, 6) is 0.129. The van der Waals surface area contributed by atoms with Gasteiger partial charge in [0.15, 0.2) is 5.78 Å². The van der Waals surface area contributed by atoms with Crippen molar-refractivity contribution in [2.24, 2.45) is 7.05 Å². The van der Waals surface area contributed by atoms with Crippen LogP contribution in [0.2, 0.25) is 0 Å². The monoisotopic (exact) mass is 223 g/mol. The van der Waals surface area contributed by atoms with Gasteiger partial charge >= 0.3 is 0 Å². The van der Waals surface area contributed by atoms with E-state index in [0.717, 1.165) is 13.1 Å². The number of aromatic nitrogens is 2. The van der Waals surface area contributed by atoms with Gasteiger partial charge in [0, 0.05) is 13.2 Å². The summed E-state index contributed by atoms with van der Waals surface area (Å²) in [4.78, 5) is 14.5. The van der Waals surface area contributed by atoms with E-state index in [2.05, 4.69) is 23.8 Å². The zero-order valence-corrected chi connectivity index (χ0v) is 10.8. The second kappa shape index (κ2) is 4.78. The quantitative estimate of drug-likeness (QED) is 0.713. The highest BCUT2D eigenvalue weighted by Gasteiger charge is 2.33. The molecule has 0 bridgehead atoms. The molecule has 0 aliphatic carbocycles. The molecule has 16 heavy (non-hydrogen) atoms. The molecule has 0 aliphatic heterocycles. The summed E-state index contributed by atoms with van der Waals surface area (Å²) in [5.41, 5.74) is 0.214. The van der Waals surface area contributed by atoms with Gasteiger partial charge in [-0.1, -0.05) is 13.8 Å². The first-order chi connectivity index (χ1) is 7.43. The molecule has 0 radical (unpaired) electrons. The van der Waals surface area contributed by atoms with E-state index in [0.29, 0.717) is 5.56 Å².